The largest absolute Gasteiger partial charge is 0.507 e. The minimum Gasteiger partial charge on any atom is -0.507 e. The maximum atomic E-state index is 13.3. The number of aromatic hydroxyl groups is 2. The minimum absolute atomic E-state index is 0.108. The summed E-state index contributed by atoms with van der Waals surface area (Å²) in [7, 11) is 0. The Morgan fingerprint density at radius 2 is 1.42 bits per heavy atom. The van der Waals surface area contributed by atoms with Gasteiger partial charge in [0.2, 0.25) is 11.6 Å². The van der Waals surface area contributed by atoms with Crippen LogP contribution >= 0.6 is 0 Å². The first kappa shape index (κ1) is 20.0. The van der Waals surface area contributed by atoms with Crippen molar-refractivity contribution in [3.05, 3.63) is 86.5 Å². The number of para-hydroxylation sites is 1. The maximum Gasteiger partial charge on any atom is 0.281 e. The number of hydrogen-bond donors (Lipinski definition) is 4. The van der Waals surface area contributed by atoms with Crippen LogP contribution in [0.1, 0.15) is 37.4 Å². The minimum atomic E-state index is -0.893. The molecule has 0 saturated carbocycles. The smallest absolute Gasteiger partial charge is 0.281 e. The van der Waals surface area contributed by atoms with Crippen molar-refractivity contribution in [2.24, 2.45) is 0 Å². The molecule has 0 saturated heterocycles. The Kier molecular flexibility index (Phi) is 4.88. The lowest BCUT2D eigenvalue weighted by Gasteiger charge is -2.22. The third-order valence-corrected chi connectivity index (χ3v) is 5.12. The van der Waals surface area contributed by atoms with Crippen molar-refractivity contribution in [2.75, 3.05) is 11.9 Å². The fourth-order valence-electron chi connectivity index (χ4n) is 3.73. The van der Waals surface area contributed by atoms with Crippen LogP contribution in [0.25, 0.3) is 0 Å². The van der Waals surface area contributed by atoms with E-state index < -0.39 is 44.8 Å². The normalized spacial score (nSPS) is 12.3. The number of fused-ring (bicyclic) bond motifs is 2. The lowest BCUT2D eigenvalue weighted by Crippen LogP contribution is -2.24. The number of rotatable bonds is 5. The number of phenols is 2. The van der Waals surface area contributed by atoms with Crippen LogP contribution in [-0.2, 0) is 6.42 Å². The molecule has 9 heteroatoms. The number of phenolic OH excluding ortho intramolecular Hbond substituents is 2. The highest BCUT2D eigenvalue weighted by Gasteiger charge is 2.40. The van der Waals surface area contributed by atoms with Crippen LogP contribution < -0.4 is 5.32 Å². The van der Waals surface area contributed by atoms with Gasteiger partial charge < -0.3 is 20.6 Å². The van der Waals surface area contributed by atoms with Gasteiger partial charge in [-0.2, -0.15) is 0 Å². The van der Waals surface area contributed by atoms with Crippen LogP contribution in [0.4, 0.5) is 17.1 Å². The van der Waals surface area contributed by atoms with Gasteiger partial charge in [-0.25, -0.2) is 0 Å². The summed E-state index contributed by atoms with van der Waals surface area (Å²) < 4.78 is 0. The molecule has 4 rings (SSSR count). The first-order valence-corrected chi connectivity index (χ1v) is 9.26. The lowest BCUT2D eigenvalue weighted by molar-refractivity contribution is -0.385. The highest BCUT2D eigenvalue weighted by molar-refractivity contribution is 6.33. The molecule has 1 aliphatic carbocycles. The van der Waals surface area contributed by atoms with Crippen molar-refractivity contribution in [3.63, 3.8) is 0 Å². The van der Waals surface area contributed by atoms with Crippen LogP contribution in [0.15, 0.2) is 48.5 Å². The Labute approximate surface area is 175 Å². The molecule has 0 aliphatic heterocycles. The number of anilines is 2. The summed E-state index contributed by atoms with van der Waals surface area (Å²) >= 11 is 0. The molecular weight excluding hydrogens is 404 g/mol. The van der Waals surface area contributed by atoms with Gasteiger partial charge in [-0.3, -0.25) is 19.7 Å². The second-order valence-corrected chi connectivity index (χ2v) is 6.91. The monoisotopic (exact) mass is 420 g/mol. The Morgan fingerprint density at radius 1 is 0.806 bits per heavy atom. The average molecular weight is 420 g/mol. The summed E-state index contributed by atoms with van der Waals surface area (Å²) in [5, 5.41) is 44.3. The lowest BCUT2D eigenvalue weighted by atomic mass is 9.81. The number of ketones is 2. The van der Waals surface area contributed by atoms with Crippen LogP contribution in [0.2, 0.25) is 0 Å². The summed E-state index contributed by atoms with van der Waals surface area (Å²) in [5.74, 6) is -2.84. The second-order valence-electron chi connectivity index (χ2n) is 6.91. The molecule has 0 radical (unpaired) electrons. The molecule has 0 atom stereocenters. The molecule has 0 unspecified atom stereocenters. The number of nitrogens with zero attached hydrogens (tertiary/aromatic N) is 1. The molecule has 31 heavy (non-hydrogen) atoms. The summed E-state index contributed by atoms with van der Waals surface area (Å²) in [6, 6.07) is 11.5. The van der Waals surface area contributed by atoms with E-state index in [4.69, 9.17) is 0 Å². The quantitative estimate of drug-likeness (QED) is 0.219. The van der Waals surface area contributed by atoms with Crippen molar-refractivity contribution < 1.29 is 29.8 Å². The average Bonchev–Trinajstić information content (AvgIpc) is 2.74. The number of nitro groups is 1. The summed E-state index contributed by atoms with van der Waals surface area (Å²) in [6.45, 7) is -0.108. The van der Waals surface area contributed by atoms with Crippen LogP contribution in [0.3, 0.4) is 0 Å². The fraction of sp³-hybridized carbons (Fsp3) is 0.0909. The number of carbonyl (C=O) groups excluding carboxylic acids is 2. The van der Waals surface area contributed by atoms with Crippen molar-refractivity contribution in [3.8, 4) is 11.5 Å². The molecule has 1 aliphatic rings. The summed E-state index contributed by atoms with van der Waals surface area (Å²) in [6.07, 6.45) is 0.332. The third kappa shape index (κ3) is 3.17. The van der Waals surface area contributed by atoms with Gasteiger partial charge in [0.15, 0.2) is 0 Å². The SMILES string of the molecule is O=C1c2c(O)ccc(Nc3ccccc3CCO)c2C(=O)c2c([N+](=O)[O-])ccc(O)c21. The predicted octanol–water partition coefficient (Wildman–Crippen LogP) is 3.06. The standard InChI is InChI=1S/C22H16N2O7/c25-10-9-11-3-1-2-4-12(11)23-13-5-7-15(26)19-17(13)21(28)18-14(24(30)31)6-8-16(27)20(18)22(19)29/h1-8,23,25-27H,9-10H2. The van der Waals surface area contributed by atoms with E-state index in [1.807, 2.05) is 0 Å². The van der Waals surface area contributed by atoms with Gasteiger partial charge in [0.25, 0.3) is 5.69 Å². The molecule has 0 spiro atoms. The molecule has 156 valence electrons. The Morgan fingerprint density at radius 3 is 2.10 bits per heavy atom. The third-order valence-electron chi connectivity index (χ3n) is 5.12. The molecule has 3 aromatic rings. The van der Waals surface area contributed by atoms with Gasteiger partial charge in [0, 0.05) is 18.4 Å². The summed E-state index contributed by atoms with van der Waals surface area (Å²) in [4.78, 5) is 37.1. The van der Waals surface area contributed by atoms with Gasteiger partial charge in [-0.05, 0) is 36.2 Å². The number of nitrogens with one attached hydrogen (secondary N) is 1. The number of benzene rings is 3. The van der Waals surface area contributed by atoms with E-state index in [9.17, 15) is 35.0 Å². The van der Waals surface area contributed by atoms with Gasteiger partial charge >= 0.3 is 0 Å². The van der Waals surface area contributed by atoms with Crippen molar-refractivity contribution in [2.45, 2.75) is 6.42 Å². The number of aliphatic hydroxyl groups excluding tert-OH is 1. The van der Waals surface area contributed by atoms with Crippen molar-refractivity contribution in [1.29, 1.82) is 0 Å². The topological polar surface area (TPSA) is 150 Å². The van der Waals surface area contributed by atoms with E-state index in [0.717, 1.165) is 17.7 Å². The van der Waals surface area contributed by atoms with E-state index in [2.05, 4.69) is 5.32 Å². The molecule has 4 N–H and O–H groups in total. The van der Waals surface area contributed by atoms with E-state index in [-0.39, 0.29) is 23.4 Å². The van der Waals surface area contributed by atoms with Crippen molar-refractivity contribution >= 4 is 28.6 Å². The van der Waals surface area contributed by atoms with Gasteiger partial charge in [-0.1, -0.05) is 18.2 Å². The molecule has 0 aromatic heterocycles. The van der Waals surface area contributed by atoms with E-state index in [0.29, 0.717) is 12.1 Å². The maximum absolute atomic E-state index is 13.3. The van der Waals surface area contributed by atoms with E-state index >= 15 is 0 Å². The van der Waals surface area contributed by atoms with Gasteiger partial charge in [0.1, 0.15) is 17.1 Å². The number of nitro benzene ring substituents is 1. The number of carbonyl (C=O) groups is 2. The second kappa shape index (κ2) is 7.54. The zero-order chi connectivity index (χ0) is 22.3. The van der Waals surface area contributed by atoms with Crippen LogP contribution in [0, 0.1) is 10.1 Å². The molecule has 0 bridgehead atoms. The molecule has 0 fully saturated rings. The molecule has 3 aromatic carbocycles. The van der Waals surface area contributed by atoms with E-state index in [1.54, 1.807) is 24.3 Å². The highest BCUT2D eigenvalue weighted by atomic mass is 16.6. The van der Waals surface area contributed by atoms with Gasteiger partial charge in [-0.15, -0.1) is 0 Å². The Hall–Kier alpha value is -4.24. The van der Waals surface area contributed by atoms with E-state index in [1.165, 1.54) is 12.1 Å². The molecule has 0 heterocycles. The predicted molar refractivity (Wildman–Crippen MR) is 110 cm³/mol. The Balaban J connectivity index is 1.94. The number of hydrogen-bond acceptors (Lipinski definition) is 8. The molecule has 0 amide bonds. The van der Waals surface area contributed by atoms with Crippen LogP contribution in [0.5, 0.6) is 11.5 Å². The fourth-order valence-corrected chi connectivity index (χ4v) is 3.73. The first-order chi connectivity index (χ1) is 14.8. The highest BCUT2D eigenvalue weighted by Crippen LogP contribution is 2.43. The molecule has 9 nitrogen and oxygen atoms in total. The first-order valence-electron chi connectivity index (χ1n) is 9.26. The van der Waals surface area contributed by atoms with Crippen molar-refractivity contribution in [1.82, 2.24) is 0 Å². The zero-order valence-corrected chi connectivity index (χ0v) is 16.0. The number of aliphatic hydroxyl groups is 1. The zero-order valence-electron chi connectivity index (χ0n) is 16.0. The molecular formula is C22H16N2O7. The Bertz CT molecular complexity index is 1270. The summed E-state index contributed by atoms with van der Waals surface area (Å²) in [5.41, 5.74) is -0.791. The van der Waals surface area contributed by atoms with Gasteiger partial charge in [0.05, 0.1) is 27.3 Å². The van der Waals surface area contributed by atoms with Crippen LogP contribution in [-0.4, -0.2) is 38.4 Å².